The molecule has 4 nitrogen and oxygen atoms in total. The van der Waals surface area contributed by atoms with Gasteiger partial charge in [-0.2, -0.15) is 0 Å². The van der Waals surface area contributed by atoms with Gasteiger partial charge in [0.2, 0.25) is 0 Å². The number of benzene rings is 1. The molecule has 0 amide bonds. The third-order valence-corrected chi connectivity index (χ3v) is 3.22. The van der Waals surface area contributed by atoms with Crippen molar-refractivity contribution >= 4 is 11.8 Å². The number of carboxylic acids is 1. The second-order valence-electron chi connectivity index (χ2n) is 5.43. The maximum atomic E-state index is 12.2. The van der Waals surface area contributed by atoms with Gasteiger partial charge in [-0.25, -0.2) is 0 Å². The van der Waals surface area contributed by atoms with Gasteiger partial charge in [0.15, 0.2) is 5.78 Å². The lowest BCUT2D eigenvalue weighted by atomic mass is 9.84. The zero-order chi connectivity index (χ0) is 14.8. The molecule has 0 aliphatic carbocycles. The lowest BCUT2D eigenvalue weighted by molar-refractivity contribution is -0.146. The predicted octanol–water partition coefficient (Wildman–Crippen LogP) is 3.00. The van der Waals surface area contributed by atoms with E-state index in [0.29, 0.717) is 5.56 Å². The molecule has 104 valence electrons. The molecule has 1 aromatic rings. The Bertz CT molecular complexity index is 515. The molecule has 0 spiro atoms. The summed E-state index contributed by atoms with van der Waals surface area (Å²) < 4.78 is 5.19. The number of methoxy groups -OCH3 is 1. The summed E-state index contributed by atoms with van der Waals surface area (Å²) in [5, 5.41) is 9.07. The van der Waals surface area contributed by atoms with Crippen LogP contribution < -0.4 is 4.74 Å². The van der Waals surface area contributed by atoms with Crippen molar-refractivity contribution in [1.82, 2.24) is 0 Å². The first-order valence-electron chi connectivity index (χ1n) is 6.11. The summed E-state index contributed by atoms with van der Waals surface area (Å²) in [6.07, 6.45) is -0.0189. The number of carbonyl (C=O) groups excluding carboxylic acids is 1. The summed E-state index contributed by atoms with van der Waals surface area (Å²) in [4.78, 5) is 23.3. The summed E-state index contributed by atoms with van der Waals surface area (Å²) in [6.45, 7) is 6.79. The molecule has 0 atom stereocenters. The van der Waals surface area contributed by atoms with Crippen LogP contribution in [0, 0.1) is 19.3 Å². The molecule has 19 heavy (non-hydrogen) atoms. The topological polar surface area (TPSA) is 63.6 Å². The van der Waals surface area contributed by atoms with E-state index in [-0.39, 0.29) is 12.2 Å². The molecule has 0 aliphatic heterocycles. The largest absolute Gasteiger partial charge is 0.496 e. The average molecular weight is 264 g/mol. The SMILES string of the molecule is COc1cc(C)c(C(=O)CC(C)(C)C(=O)O)cc1C. The number of hydrogen-bond acceptors (Lipinski definition) is 3. The van der Waals surface area contributed by atoms with Crippen molar-refractivity contribution in [3.05, 3.63) is 28.8 Å². The Balaban J connectivity index is 3.08. The Morgan fingerprint density at radius 2 is 1.79 bits per heavy atom. The van der Waals surface area contributed by atoms with E-state index in [4.69, 9.17) is 9.84 Å². The van der Waals surface area contributed by atoms with E-state index in [0.717, 1.165) is 16.9 Å². The number of ketones is 1. The van der Waals surface area contributed by atoms with E-state index in [1.807, 2.05) is 13.8 Å². The van der Waals surface area contributed by atoms with Crippen molar-refractivity contribution in [3.8, 4) is 5.75 Å². The fraction of sp³-hybridized carbons (Fsp3) is 0.467. The van der Waals surface area contributed by atoms with Gasteiger partial charge < -0.3 is 9.84 Å². The Morgan fingerprint density at radius 1 is 1.21 bits per heavy atom. The number of carboxylic acid groups (broad SMARTS) is 1. The highest BCUT2D eigenvalue weighted by Gasteiger charge is 2.31. The Labute approximate surface area is 113 Å². The van der Waals surface area contributed by atoms with Crippen LogP contribution in [-0.4, -0.2) is 24.0 Å². The van der Waals surface area contributed by atoms with Crippen LogP contribution >= 0.6 is 0 Å². The molecule has 0 aromatic heterocycles. The highest BCUT2D eigenvalue weighted by Crippen LogP contribution is 2.27. The molecule has 0 saturated carbocycles. The third kappa shape index (κ3) is 3.34. The van der Waals surface area contributed by atoms with Gasteiger partial charge in [-0.3, -0.25) is 9.59 Å². The van der Waals surface area contributed by atoms with Crippen LogP contribution in [0.2, 0.25) is 0 Å². The molecule has 0 radical (unpaired) electrons. The number of aliphatic carboxylic acids is 1. The zero-order valence-electron chi connectivity index (χ0n) is 12.0. The minimum absolute atomic E-state index is 0.0189. The molecule has 1 N–H and O–H groups in total. The second kappa shape index (κ2) is 5.43. The smallest absolute Gasteiger partial charge is 0.309 e. The van der Waals surface area contributed by atoms with Gasteiger partial charge in [0, 0.05) is 12.0 Å². The molecule has 1 rings (SSSR count). The van der Waals surface area contributed by atoms with Crippen molar-refractivity contribution < 1.29 is 19.4 Å². The normalized spacial score (nSPS) is 11.2. The van der Waals surface area contributed by atoms with Crippen molar-refractivity contribution in [3.63, 3.8) is 0 Å². The number of hydrogen-bond donors (Lipinski definition) is 1. The summed E-state index contributed by atoms with van der Waals surface area (Å²) in [5.74, 6) is -0.397. The molecular weight excluding hydrogens is 244 g/mol. The van der Waals surface area contributed by atoms with E-state index < -0.39 is 11.4 Å². The van der Waals surface area contributed by atoms with Crippen LogP contribution in [0.4, 0.5) is 0 Å². The summed E-state index contributed by atoms with van der Waals surface area (Å²) in [6, 6.07) is 3.56. The van der Waals surface area contributed by atoms with Crippen molar-refractivity contribution in [1.29, 1.82) is 0 Å². The monoisotopic (exact) mass is 264 g/mol. The molecule has 0 fully saturated rings. The average Bonchev–Trinajstić information content (AvgIpc) is 2.30. The van der Waals surface area contributed by atoms with E-state index in [1.54, 1.807) is 33.1 Å². The summed E-state index contributed by atoms with van der Waals surface area (Å²) in [7, 11) is 1.58. The Kier molecular flexibility index (Phi) is 4.35. The fourth-order valence-corrected chi connectivity index (χ4v) is 1.88. The molecule has 4 heteroatoms. The van der Waals surface area contributed by atoms with Crippen LogP contribution in [-0.2, 0) is 4.79 Å². The van der Waals surface area contributed by atoms with E-state index >= 15 is 0 Å². The Morgan fingerprint density at radius 3 is 2.26 bits per heavy atom. The number of rotatable bonds is 5. The van der Waals surface area contributed by atoms with Crippen LogP contribution in [0.15, 0.2) is 12.1 Å². The van der Waals surface area contributed by atoms with Crippen molar-refractivity contribution in [2.24, 2.45) is 5.41 Å². The highest BCUT2D eigenvalue weighted by atomic mass is 16.5. The summed E-state index contributed by atoms with van der Waals surface area (Å²) >= 11 is 0. The lowest BCUT2D eigenvalue weighted by Crippen LogP contribution is -2.27. The van der Waals surface area contributed by atoms with Crippen LogP contribution in [0.3, 0.4) is 0 Å². The van der Waals surface area contributed by atoms with Gasteiger partial charge in [0.25, 0.3) is 0 Å². The first-order valence-corrected chi connectivity index (χ1v) is 6.11. The van der Waals surface area contributed by atoms with Crippen LogP contribution in [0.25, 0.3) is 0 Å². The van der Waals surface area contributed by atoms with Gasteiger partial charge in [-0.15, -0.1) is 0 Å². The quantitative estimate of drug-likeness (QED) is 0.830. The third-order valence-electron chi connectivity index (χ3n) is 3.22. The minimum atomic E-state index is -1.06. The number of aryl methyl sites for hydroxylation is 2. The second-order valence-corrected chi connectivity index (χ2v) is 5.43. The molecule has 0 aliphatic rings. The summed E-state index contributed by atoms with van der Waals surface area (Å²) in [5.41, 5.74) is 1.17. The highest BCUT2D eigenvalue weighted by molar-refractivity contribution is 6.00. The molecule has 0 bridgehead atoms. The van der Waals surface area contributed by atoms with Gasteiger partial charge in [-0.1, -0.05) is 0 Å². The van der Waals surface area contributed by atoms with Gasteiger partial charge >= 0.3 is 5.97 Å². The first kappa shape index (κ1) is 15.2. The van der Waals surface area contributed by atoms with Crippen LogP contribution in [0.5, 0.6) is 5.75 Å². The van der Waals surface area contributed by atoms with E-state index in [1.165, 1.54) is 0 Å². The fourth-order valence-electron chi connectivity index (χ4n) is 1.88. The van der Waals surface area contributed by atoms with Gasteiger partial charge in [-0.05, 0) is 51.0 Å². The Hall–Kier alpha value is -1.84. The number of ether oxygens (including phenoxy) is 1. The molecular formula is C15H20O4. The van der Waals surface area contributed by atoms with Crippen LogP contribution in [0.1, 0.15) is 41.8 Å². The maximum Gasteiger partial charge on any atom is 0.309 e. The maximum absolute atomic E-state index is 12.2. The van der Waals surface area contributed by atoms with Gasteiger partial charge in [0.1, 0.15) is 5.75 Å². The number of carbonyl (C=O) groups is 2. The lowest BCUT2D eigenvalue weighted by Gasteiger charge is -2.19. The molecule has 0 saturated heterocycles. The minimum Gasteiger partial charge on any atom is -0.496 e. The standard InChI is InChI=1S/C15H20O4/c1-9-7-13(19-5)10(2)6-11(9)12(16)8-15(3,4)14(17)18/h6-7H,8H2,1-5H3,(H,17,18). The molecule has 0 heterocycles. The van der Waals surface area contributed by atoms with Gasteiger partial charge in [0.05, 0.1) is 12.5 Å². The molecule has 0 unspecified atom stereocenters. The predicted molar refractivity (Wildman–Crippen MR) is 72.8 cm³/mol. The number of Topliss-reactive ketones (excluding diaryl/α,β-unsaturated/α-hetero) is 1. The van der Waals surface area contributed by atoms with E-state index in [2.05, 4.69) is 0 Å². The van der Waals surface area contributed by atoms with E-state index in [9.17, 15) is 9.59 Å². The first-order chi connectivity index (χ1) is 8.69. The zero-order valence-corrected chi connectivity index (χ0v) is 12.0. The van der Waals surface area contributed by atoms with Crippen molar-refractivity contribution in [2.75, 3.05) is 7.11 Å². The van der Waals surface area contributed by atoms with Crippen molar-refractivity contribution in [2.45, 2.75) is 34.1 Å². The molecule has 1 aromatic carbocycles.